The quantitative estimate of drug-likeness (QED) is 0.309. The van der Waals surface area contributed by atoms with Crippen LogP contribution in [0.25, 0.3) is 0 Å². The molecule has 144 valence electrons. The van der Waals surface area contributed by atoms with Crippen molar-refractivity contribution >= 4 is 0 Å². The second-order valence-electron chi connectivity index (χ2n) is 7.65. The van der Waals surface area contributed by atoms with Gasteiger partial charge in [0.1, 0.15) is 0 Å². The van der Waals surface area contributed by atoms with Crippen molar-refractivity contribution in [3.63, 3.8) is 0 Å². The Kier molecular flexibility index (Phi) is 12.4. The van der Waals surface area contributed by atoms with Crippen LogP contribution in [-0.4, -0.2) is 11.8 Å². The van der Waals surface area contributed by atoms with E-state index in [1.54, 1.807) is 26.0 Å². The third-order valence-electron chi connectivity index (χ3n) is 3.47. The lowest BCUT2D eigenvalue weighted by molar-refractivity contribution is -0.0414. The van der Waals surface area contributed by atoms with Gasteiger partial charge in [-0.1, -0.05) is 73.6 Å². The van der Waals surface area contributed by atoms with Crippen molar-refractivity contribution in [2.45, 2.75) is 80.1 Å². The number of hydrogen-bond acceptors (Lipinski definition) is 0. The lowest BCUT2D eigenvalue weighted by Crippen LogP contribution is -2.22. The first-order valence-corrected chi connectivity index (χ1v) is 8.82. The summed E-state index contributed by atoms with van der Waals surface area (Å²) in [6.45, 7) is 14.1. The minimum absolute atomic E-state index is 0.136. The molecule has 0 N–H and O–H groups in total. The summed E-state index contributed by atoms with van der Waals surface area (Å²) >= 11 is 0. The van der Waals surface area contributed by atoms with Crippen LogP contribution in [0.4, 0.5) is 17.6 Å². The summed E-state index contributed by atoms with van der Waals surface area (Å²) in [4.78, 5) is 0. The molecule has 0 rings (SSSR count). The van der Waals surface area contributed by atoms with E-state index in [9.17, 15) is 17.6 Å². The fourth-order valence-corrected chi connectivity index (χ4v) is 1.42. The van der Waals surface area contributed by atoms with E-state index in [-0.39, 0.29) is 6.42 Å². The van der Waals surface area contributed by atoms with Crippen molar-refractivity contribution in [3.05, 3.63) is 24.3 Å². The van der Waals surface area contributed by atoms with Gasteiger partial charge in [-0.3, -0.25) is 0 Å². The Morgan fingerprint density at radius 2 is 1.25 bits per heavy atom. The van der Waals surface area contributed by atoms with Gasteiger partial charge in [-0.05, 0) is 24.3 Å². The van der Waals surface area contributed by atoms with E-state index in [1.165, 1.54) is 13.8 Å². The summed E-state index contributed by atoms with van der Waals surface area (Å²) in [5.41, 5.74) is 0. The van der Waals surface area contributed by atoms with Crippen molar-refractivity contribution < 1.29 is 17.6 Å². The third-order valence-corrected chi connectivity index (χ3v) is 3.47. The van der Waals surface area contributed by atoms with Crippen LogP contribution in [-0.2, 0) is 0 Å². The smallest absolute Gasteiger partial charge is 0.206 e. The molecule has 0 heterocycles. The van der Waals surface area contributed by atoms with Crippen LogP contribution in [0.3, 0.4) is 0 Å². The zero-order valence-electron chi connectivity index (χ0n) is 16.5. The average Bonchev–Trinajstić information content (AvgIpc) is 2.37. The van der Waals surface area contributed by atoms with Crippen LogP contribution in [0, 0.1) is 23.7 Å². The lowest BCUT2D eigenvalue weighted by atomic mass is 10.0. The fourth-order valence-electron chi connectivity index (χ4n) is 1.42. The normalized spacial score (nSPS) is 13.7. The Hall–Kier alpha value is -0.800. The SMILES string of the molecule is CC(C)/C=C/CC(F)(F)C(C)C.CC(C)C/C=C/C(F)(F)C(C)C. The molecule has 0 amide bonds. The van der Waals surface area contributed by atoms with Crippen molar-refractivity contribution in [1.29, 1.82) is 0 Å². The summed E-state index contributed by atoms with van der Waals surface area (Å²) in [5, 5.41) is 0. The topological polar surface area (TPSA) is 0 Å². The molecule has 0 aliphatic heterocycles. The maximum Gasteiger partial charge on any atom is 0.268 e. The predicted octanol–water partition coefficient (Wildman–Crippen LogP) is 7.76. The summed E-state index contributed by atoms with van der Waals surface area (Å²) in [7, 11) is 0. The molecule has 4 heteroatoms. The highest BCUT2D eigenvalue weighted by molar-refractivity contribution is 4.96. The molecule has 0 radical (unpaired) electrons. The van der Waals surface area contributed by atoms with Gasteiger partial charge in [0.2, 0.25) is 0 Å². The number of hydrogen-bond donors (Lipinski definition) is 0. The Morgan fingerprint density at radius 1 is 0.750 bits per heavy atom. The van der Waals surface area contributed by atoms with Crippen molar-refractivity contribution in [1.82, 2.24) is 0 Å². The van der Waals surface area contributed by atoms with Crippen LogP contribution in [0.15, 0.2) is 24.3 Å². The highest BCUT2D eigenvalue weighted by atomic mass is 19.3. The van der Waals surface area contributed by atoms with Gasteiger partial charge in [-0.15, -0.1) is 0 Å². The second-order valence-corrected chi connectivity index (χ2v) is 7.65. The molecule has 0 aliphatic carbocycles. The molecule has 0 spiro atoms. The Labute approximate surface area is 146 Å². The zero-order chi connectivity index (χ0) is 19.6. The number of rotatable bonds is 8. The van der Waals surface area contributed by atoms with Crippen LogP contribution >= 0.6 is 0 Å². The molecule has 0 bridgehead atoms. The van der Waals surface area contributed by atoms with Gasteiger partial charge < -0.3 is 0 Å². The van der Waals surface area contributed by atoms with E-state index in [0.29, 0.717) is 11.8 Å². The van der Waals surface area contributed by atoms with Crippen molar-refractivity contribution in [3.8, 4) is 0 Å². The van der Waals surface area contributed by atoms with Gasteiger partial charge in [-0.2, -0.15) is 0 Å². The van der Waals surface area contributed by atoms with E-state index in [0.717, 1.165) is 12.5 Å². The summed E-state index contributed by atoms with van der Waals surface area (Å²) < 4.78 is 51.7. The summed E-state index contributed by atoms with van der Waals surface area (Å²) in [6.07, 6.45) is 6.58. The van der Waals surface area contributed by atoms with Gasteiger partial charge in [0.25, 0.3) is 11.8 Å². The van der Waals surface area contributed by atoms with E-state index in [4.69, 9.17) is 0 Å². The molecule has 0 aromatic carbocycles. The molecule has 0 saturated heterocycles. The lowest BCUT2D eigenvalue weighted by Gasteiger charge is -2.18. The molecule has 0 aromatic heterocycles. The van der Waals surface area contributed by atoms with Crippen LogP contribution in [0.1, 0.15) is 68.2 Å². The second kappa shape index (κ2) is 11.7. The first-order valence-electron chi connectivity index (χ1n) is 8.82. The monoisotopic (exact) mass is 352 g/mol. The van der Waals surface area contributed by atoms with E-state index in [2.05, 4.69) is 0 Å². The predicted molar refractivity (Wildman–Crippen MR) is 96.8 cm³/mol. The van der Waals surface area contributed by atoms with Gasteiger partial charge in [-0.25, -0.2) is 17.6 Å². The van der Waals surface area contributed by atoms with E-state index >= 15 is 0 Å². The highest BCUT2D eigenvalue weighted by Crippen LogP contribution is 2.28. The van der Waals surface area contributed by atoms with Crippen LogP contribution in [0.5, 0.6) is 0 Å². The minimum Gasteiger partial charge on any atom is -0.206 e. The molecule has 0 aliphatic rings. The number of allylic oxidation sites excluding steroid dienone is 4. The van der Waals surface area contributed by atoms with Gasteiger partial charge in [0.05, 0.1) is 0 Å². The first kappa shape index (κ1) is 25.4. The van der Waals surface area contributed by atoms with E-state index < -0.39 is 23.7 Å². The molecule has 0 saturated carbocycles. The zero-order valence-corrected chi connectivity index (χ0v) is 16.5. The molecule has 0 aromatic rings. The van der Waals surface area contributed by atoms with Gasteiger partial charge in [0.15, 0.2) is 0 Å². The first-order chi connectivity index (χ1) is 10.7. The molecular formula is C20H36F4. The Balaban J connectivity index is 0. The molecule has 0 nitrogen and oxygen atoms in total. The van der Waals surface area contributed by atoms with Gasteiger partial charge in [0, 0.05) is 18.3 Å². The maximum atomic E-state index is 12.9. The molecule has 0 fully saturated rings. The third kappa shape index (κ3) is 13.6. The number of alkyl halides is 4. The molecule has 24 heavy (non-hydrogen) atoms. The maximum absolute atomic E-state index is 12.9. The Bertz CT molecular complexity index is 364. The highest BCUT2D eigenvalue weighted by Gasteiger charge is 2.31. The van der Waals surface area contributed by atoms with Crippen molar-refractivity contribution in [2.24, 2.45) is 23.7 Å². The van der Waals surface area contributed by atoms with Gasteiger partial charge >= 0.3 is 0 Å². The number of halogens is 4. The molecule has 0 unspecified atom stereocenters. The standard InChI is InChI=1S/2C10H18F2/c2*1-8(2)6-5-7-10(11,12)9(3)4/h5,7-9H,6H2,1-4H3;5-6,8-9H,7H2,1-4H3/b7-5+;6-5+. The van der Waals surface area contributed by atoms with Crippen LogP contribution in [0.2, 0.25) is 0 Å². The largest absolute Gasteiger partial charge is 0.268 e. The molecular weight excluding hydrogens is 316 g/mol. The summed E-state index contributed by atoms with van der Waals surface area (Å²) in [6, 6.07) is 0. The fraction of sp³-hybridized carbons (Fsp3) is 0.800. The summed E-state index contributed by atoms with van der Waals surface area (Å²) in [5.74, 6) is -5.58. The van der Waals surface area contributed by atoms with Crippen LogP contribution < -0.4 is 0 Å². The average molecular weight is 353 g/mol. The minimum atomic E-state index is -2.64. The Morgan fingerprint density at radius 3 is 1.58 bits per heavy atom. The molecule has 0 atom stereocenters. The van der Waals surface area contributed by atoms with E-state index in [1.807, 2.05) is 33.8 Å². The van der Waals surface area contributed by atoms with Crippen molar-refractivity contribution in [2.75, 3.05) is 0 Å².